The molecular formula is C48H60BF2N3O3. The molecule has 0 radical (unpaired) electrons. The standard InChI is InChI=1S/C48H60BF2N3O3/c1-31(2)10-6-11-32(3)38-18-19-39-37-17-16-34-29-36(22-24-47(34,4)40(37)23-25-48(38,39)5)57-45(55)30-56-35-13-7-12-33(28-35)46-43-15-9-27-53(43)49(50,51)54-42(20-21-44(46)54)41-14-8-26-52-41/h7-9,12-16,20-21,26-28,31-32,36-40,52H,6,10-11,17-19,22-25,29-30H2,1-5H3/t32-,36+,37+,38-,39+,40+,47+,48-/m1/s1. The minimum Gasteiger partial charge on any atom is -0.482 e. The highest BCUT2D eigenvalue weighted by Gasteiger charge is 2.59. The lowest BCUT2D eigenvalue weighted by molar-refractivity contribution is -0.356. The summed E-state index contributed by atoms with van der Waals surface area (Å²) in [5.74, 6) is 4.90. The second-order valence-corrected chi connectivity index (χ2v) is 19.3. The summed E-state index contributed by atoms with van der Waals surface area (Å²) in [6.45, 7) is 8.10. The fourth-order valence-electron chi connectivity index (χ4n) is 13.0. The summed E-state index contributed by atoms with van der Waals surface area (Å²) in [6.07, 6.45) is 22.5. The van der Waals surface area contributed by atoms with Crippen LogP contribution < -0.4 is 4.74 Å². The number of nitrogens with one attached hydrogen (secondary N) is 1. The molecule has 8 atom stereocenters. The molecule has 1 aromatic carbocycles. The van der Waals surface area contributed by atoms with E-state index in [2.05, 4.69) is 45.7 Å². The van der Waals surface area contributed by atoms with Crippen LogP contribution in [-0.2, 0) is 9.53 Å². The number of rotatable bonds is 11. The van der Waals surface area contributed by atoms with Gasteiger partial charge in [-0.05, 0) is 133 Å². The van der Waals surface area contributed by atoms with E-state index >= 15 is 8.63 Å². The van der Waals surface area contributed by atoms with Gasteiger partial charge in [0.15, 0.2) is 12.3 Å². The molecule has 0 spiro atoms. The first-order valence-corrected chi connectivity index (χ1v) is 21.9. The third-order valence-corrected chi connectivity index (χ3v) is 15.8. The molecule has 9 heteroatoms. The third-order valence-electron chi connectivity index (χ3n) is 15.8. The molecule has 0 bridgehead atoms. The van der Waals surface area contributed by atoms with Crippen molar-refractivity contribution < 1.29 is 27.4 Å². The molecule has 4 aliphatic carbocycles. The zero-order valence-electron chi connectivity index (χ0n) is 34.5. The van der Waals surface area contributed by atoms with Gasteiger partial charge in [0.25, 0.3) is 0 Å². The number of H-pyrrole nitrogens is 1. The fourth-order valence-corrected chi connectivity index (χ4v) is 13.0. The van der Waals surface area contributed by atoms with E-state index in [-0.39, 0.29) is 24.1 Å². The SMILES string of the molecule is CC(C)CCC[C@@H](C)[C@H]1CC[C@H]2[C@@H]3CC=C4C[C@@H](OC(=O)COc5cccc(C6=C7C=CC=[N+]7[B-](F)(F)n7c6ccc7-c6ccc[nH]6)c5)CC[C@]4(C)[C@H]3CC[C@]12C. The van der Waals surface area contributed by atoms with E-state index < -0.39 is 6.97 Å². The molecule has 0 amide bonds. The van der Waals surface area contributed by atoms with E-state index in [1.165, 1.54) is 63.2 Å². The van der Waals surface area contributed by atoms with Crippen molar-refractivity contribution in [2.45, 2.75) is 111 Å². The van der Waals surface area contributed by atoms with Crippen LogP contribution in [0.4, 0.5) is 8.63 Å². The first-order chi connectivity index (χ1) is 27.4. The Kier molecular flexibility index (Phi) is 9.83. The normalized spacial score (nSPS) is 31.5. The van der Waals surface area contributed by atoms with Crippen LogP contribution in [0.15, 0.2) is 84.2 Å². The van der Waals surface area contributed by atoms with Crippen molar-refractivity contribution in [1.82, 2.24) is 9.46 Å². The van der Waals surface area contributed by atoms with Crippen molar-refractivity contribution >= 4 is 24.7 Å². The van der Waals surface area contributed by atoms with Crippen molar-refractivity contribution in [2.24, 2.45) is 46.3 Å². The Labute approximate surface area is 337 Å². The largest absolute Gasteiger partial charge is 0.737 e. The number of halogens is 2. The Morgan fingerprint density at radius 3 is 2.65 bits per heavy atom. The van der Waals surface area contributed by atoms with Crippen molar-refractivity contribution in [1.29, 1.82) is 0 Å². The van der Waals surface area contributed by atoms with Crippen LogP contribution in [-0.4, -0.2) is 45.8 Å². The van der Waals surface area contributed by atoms with Gasteiger partial charge in [-0.25, -0.2) is 4.79 Å². The van der Waals surface area contributed by atoms with E-state index in [4.69, 9.17) is 9.47 Å². The number of allylic oxidation sites excluding steroid dienone is 3. The number of hydrogen-bond acceptors (Lipinski definition) is 3. The number of benzene rings is 1. The molecule has 2 aliphatic heterocycles. The maximum Gasteiger partial charge on any atom is 0.737 e. The quantitative estimate of drug-likeness (QED) is 0.120. The van der Waals surface area contributed by atoms with Gasteiger partial charge in [-0.3, -0.25) is 0 Å². The van der Waals surface area contributed by atoms with Crippen molar-refractivity contribution in [3.05, 3.63) is 95.5 Å². The number of aromatic nitrogens is 2. The van der Waals surface area contributed by atoms with E-state index in [0.29, 0.717) is 39.5 Å². The minimum atomic E-state index is -4.12. The van der Waals surface area contributed by atoms with Crippen molar-refractivity contribution in [3.8, 4) is 17.1 Å². The lowest BCUT2D eigenvalue weighted by Gasteiger charge is -2.58. The number of carbonyl (C=O) groups excluding carboxylic acids is 1. The zero-order valence-corrected chi connectivity index (χ0v) is 34.5. The van der Waals surface area contributed by atoms with E-state index in [1.54, 1.807) is 48.7 Å². The van der Waals surface area contributed by atoms with Gasteiger partial charge in [0.2, 0.25) is 0 Å². The molecule has 9 rings (SSSR count). The molecule has 6 aliphatic rings. The van der Waals surface area contributed by atoms with Gasteiger partial charge in [0.05, 0.1) is 11.3 Å². The molecule has 2 aromatic heterocycles. The summed E-state index contributed by atoms with van der Waals surface area (Å²) in [6, 6.07) is 14.5. The number of esters is 1. The summed E-state index contributed by atoms with van der Waals surface area (Å²) in [5.41, 5.74) is 5.47. The predicted molar refractivity (Wildman–Crippen MR) is 224 cm³/mol. The molecule has 3 fully saturated rings. The molecule has 3 saturated carbocycles. The van der Waals surface area contributed by atoms with Crippen molar-refractivity contribution in [2.75, 3.05) is 6.61 Å². The smallest absolute Gasteiger partial charge is 0.482 e. The molecule has 302 valence electrons. The van der Waals surface area contributed by atoms with Gasteiger partial charge in [-0.2, -0.15) is 0 Å². The average Bonchev–Trinajstić information content (AvgIpc) is 4.01. The second-order valence-electron chi connectivity index (χ2n) is 19.3. The average molecular weight is 776 g/mol. The van der Waals surface area contributed by atoms with E-state index in [0.717, 1.165) is 69.3 Å². The highest BCUT2D eigenvalue weighted by Crippen LogP contribution is 2.67. The highest BCUT2D eigenvalue weighted by atomic mass is 19.2. The highest BCUT2D eigenvalue weighted by molar-refractivity contribution is 6.58. The number of aromatic amines is 1. The Morgan fingerprint density at radius 1 is 1.00 bits per heavy atom. The molecule has 57 heavy (non-hydrogen) atoms. The van der Waals surface area contributed by atoms with Crippen LogP contribution in [0, 0.1) is 46.3 Å². The third kappa shape index (κ3) is 6.50. The van der Waals surface area contributed by atoms with Gasteiger partial charge < -0.3 is 32.1 Å². The molecule has 0 saturated heterocycles. The number of hydrogen-bond donors (Lipinski definition) is 1. The van der Waals surface area contributed by atoms with Crippen LogP contribution in [0.5, 0.6) is 5.75 Å². The maximum absolute atomic E-state index is 16.1. The molecule has 3 aromatic rings. The number of ether oxygens (including phenoxy) is 2. The Balaban J connectivity index is 0.845. The summed E-state index contributed by atoms with van der Waals surface area (Å²) in [4.78, 5) is 16.4. The molecular weight excluding hydrogens is 715 g/mol. The summed E-state index contributed by atoms with van der Waals surface area (Å²) < 4.78 is 46.5. The van der Waals surface area contributed by atoms with Crippen molar-refractivity contribution in [3.63, 3.8) is 0 Å². The molecule has 1 N–H and O–H groups in total. The Hall–Kier alpha value is -4.14. The van der Waals surface area contributed by atoms with E-state index in [9.17, 15) is 4.79 Å². The van der Waals surface area contributed by atoms with Crippen LogP contribution in [0.2, 0.25) is 0 Å². The molecule has 4 heterocycles. The Bertz CT molecular complexity index is 2150. The number of nitrogens with zero attached hydrogens (tertiary/aromatic N) is 2. The fraction of sp³-hybridized carbons (Fsp3) is 0.542. The van der Waals surface area contributed by atoms with E-state index in [1.807, 2.05) is 18.2 Å². The monoisotopic (exact) mass is 775 g/mol. The first-order valence-electron chi connectivity index (χ1n) is 21.9. The summed E-state index contributed by atoms with van der Waals surface area (Å²) in [7, 11) is 0. The summed E-state index contributed by atoms with van der Waals surface area (Å²) >= 11 is 0. The zero-order chi connectivity index (χ0) is 39.7. The number of carbonyl (C=O) groups is 1. The first kappa shape index (κ1) is 38.4. The number of fused-ring (bicyclic) bond motifs is 7. The lowest BCUT2D eigenvalue weighted by atomic mass is 9.47. The van der Waals surface area contributed by atoms with Crippen LogP contribution in [0.25, 0.3) is 17.0 Å². The summed E-state index contributed by atoms with van der Waals surface area (Å²) in [5, 5.41) is 0. The lowest BCUT2D eigenvalue weighted by Crippen LogP contribution is -2.51. The van der Waals surface area contributed by atoms with Crippen LogP contribution >= 0.6 is 0 Å². The second kappa shape index (κ2) is 14.6. The van der Waals surface area contributed by atoms with Gasteiger partial charge >= 0.3 is 12.9 Å². The topological polar surface area (TPSA) is 59.3 Å². The van der Waals surface area contributed by atoms with Gasteiger partial charge in [0, 0.05) is 36.2 Å². The Morgan fingerprint density at radius 2 is 1.84 bits per heavy atom. The maximum atomic E-state index is 16.1. The van der Waals surface area contributed by atoms with Gasteiger partial charge in [-0.15, -0.1) is 0 Å². The van der Waals surface area contributed by atoms with Crippen LogP contribution in [0.1, 0.15) is 117 Å². The molecule has 0 unspecified atom stereocenters. The minimum absolute atomic E-state index is 0.143. The van der Waals surface area contributed by atoms with Crippen LogP contribution in [0.3, 0.4) is 0 Å². The van der Waals surface area contributed by atoms with Gasteiger partial charge in [-0.1, -0.05) is 77.7 Å². The van der Waals surface area contributed by atoms with Gasteiger partial charge in [0.1, 0.15) is 18.1 Å². The predicted octanol–water partition coefficient (Wildman–Crippen LogP) is 11.5. The molecule has 6 nitrogen and oxygen atoms in total.